The molecule has 1 aliphatic carbocycles. The fourth-order valence-electron chi connectivity index (χ4n) is 2.46. The molecule has 2 rings (SSSR count). The van der Waals surface area contributed by atoms with Crippen molar-refractivity contribution >= 4 is 5.78 Å². The highest BCUT2D eigenvalue weighted by Gasteiger charge is 2.19. The highest BCUT2D eigenvalue weighted by molar-refractivity contribution is 5.85. The molecular weight excluding hydrogens is 226 g/mol. The number of rotatable bonds is 6. The van der Waals surface area contributed by atoms with Crippen LogP contribution in [0, 0.1) is 0 Å². The van der Waals surface area contributed by atoms with Gasteiger partial charge in [0.2, 0.25) is 0 Å². The van der Waals surface area contributed by atoms with Gasteiger partial charge in [-0.3, -0.25) is 9.48 Å². The highest BCUT2D eigenvalue weighted by Crippen LogP contribution is 2.28. The Morgan fingerprint density at radius 2 is 2.33 bits per heavy atom. The number of hydrogen-bond acceptors (Lipinski definition) is 3. The van der Waals surface area contributed by atoms with E-state index in [1.54, 1.807) is 6.08 Å². The maximum absolute atomic E-state index is 11.8. The zero-order chi connectivity index (χ0) is 13.0. The van der Waals surface area contributed by atoms with Gasteiger partial charge in [-0.25, -0.2) is 0 Å². The van der Waals surface area contributed by atoms with Crippen molar-refractivity contribution in [3.8, 4) is 0 Å². The van der Waals surface area contributed by atoms with E-state index < -0.39 is 6.04 Å². The lowest BCUT2D eigenvalue weighted by Gasteiger charge is -2.09. The van der Waals surface area contributed by atoms with E-state index in [4.69, 9.17) is 5.73 Å². The molecule has 0 aliphatic heterocycles. The highest BCUT2D eigenvalue weighted by atomic mass is 16.1. The second-order valence-electron chi connectivity index (χ2n) is 5.00. The van der Waals surface area contributed by atoms with E-state index in [-0.39, 0.29) is 5.78 Å². The molecule has 1 aliphatic rings. The first kappa shape index (κ1) is 13.0. The number of nitrogens with zero attached hydrogens (tertiary/aromatic N) is 2. The van der Waals surface area contributed by atoms with Crippen LogP contribution in [0.5, 0.6) is 0 Å². The van der Waals surface area contributed by atoms with E-state index in [1.165, 1.54) is 25.7 Å². The molecule has 1 atom stereocenters. The van der Waals surface area contributed by atoms with Gasteiger partial charge in [0.25, 0.3) is 0 Å². The Kier molecular flexibility index (Phi) is 4.31. The maximum atomic E-state index is 11.8. The molecule has 1 aromatic heterocycles. The van der Waals surface area contributed by atoms with E-state index in [9.17, 15) is 4.79 Å². The minimum absolute atomic E-state index is 0.0339. The minimum atomic E-state index is -0.445. The number of Topliss-reactive ketones (excluding diaryl/α,β-unsaturated/α-hetero) is 1. The number of aromatic nitrogens is 2. The zero-order valence-corrected chi connectivity index (χ0v) is 10.7. The summed E-state index contributed by atoms with van der Waals surface area (Å²) in [7, 11) is 0. The minimum Gasteiger partial charge on any atom is -0.321 e. The summed E-state index contributed by atoms with van der Waals surface area (Å²) in [6.07, 6.45) is 9.48. The molecule has 1 aromatic rings. The largest absolute Gasteiger partial charge is 0.321 e. The van der Waals surface area contributed by atoms with Crippen LogP contribution in [0.2, 0.25) is 0 Å². The smallest absolute Gasteiger partial charge is 0.155 e. The fraction of sp³-hybridized carbons (Fsp3) is 0.571. The molecule has 0 spiro atoms. The Morgan fingerprint density at radius 3 is 3.00 bits per heavy atom. The number of ketones is 1. The molecule has 18 heavy (non-hydrogen) atoms. The molecule has 0 aromatic carbocycles. The molecular formula is C14H21N3O. The van der Waals surface area contributed by atoms with Crippen LogP contribution in [0.1, 0.15) is 43.8 Å². The standard InChI is InChI=1S/C14H21N3O/c1-2-5-13(15)14(18)10-11-8-9-17(16-11)12-6-3-4-7-12/h2,8-9,12-13H,1,3-7,10,15H2. The van der Waals surface area contributed by atoms with Crippen molar-refractivity contribution in [2.75, 3.05) is 0 Å². The van der Waals surface area contributed by atoms with Gasteiger partial charge >= 0.3 is 0 Å². The van der Waals surface area contributed by atoms with Crippen molar-refractivity contribution in [2.45, 2.75) is 50.6 Å². The van der Waals surface area contributed by atoms with Crippen LogP contribution >= 0.6 is 0 Å². The molecule has 0 amide bonds. The molecule has 1 fully saturated rings. The Balaban J connectivity index is 1.93. The molecule has 1 heterocycles. The van der Waals surface area contributed by atoms with Gasteiger partial charge in [0.15, 0.2) is 5.78 Å². The summed E-state index contributed by atoms with van der Waals surface area (Å²) in [4.78, 5) is 11.8. The van der Waals surface area contributed by atoms with Gasteiger partial charge in [-0.15, -0.1) is 6.58 Å². The quantitative estimate of drug-likeness (QED) is 0.782. The lowest BCUT2D eigenvalue weighted by Crippen LogP contribution is -2.31. The Labute approximate surface area is 108 Å². The van der Waals surface area contributed by atoms with Crippen molar-refractivity contribution < 1.29 is 4.79 Å². The van der Waals surface area contributed by atoms with E-state index in [1.807, 2.05) is 16.9 Å². The van der Waals surface area contributed by atoms with E-state index in [2.05, 4.69) is 11.7 Å². The Bertz CT molecular complexity index is 418. The van der Waals surface area contributed by atoms with Crippen molar-refractivity contribution in [1.82, 2.24) is 9.78 Å². The van der Waals surface area contributed by atoms with Crippen LogP contribution in [0.3, 0.4) is 0 Å². The van der Waals surface area contributed by atoms with Gasteiger partial charge in [-0.1, -0.05) is 18.9 Å². The summed E-state index contributed by atoms with van der Waals surface area (Å²) in [5.74, 6) is 0.0339. The molecule has 1 saturated carbocycles. The van der Waals surface area contributed by atoms with Crippen LogP contribution in [-0.4, -0.2) is 21.6 Å². The van der Waals surface area contributed by atoms with E-state index in [0.717, 1.165) is 5.69 Å². The van der Waals surface area contributed by atoms with E-state index >= 15 is 0 Å². The van der Waals surface area contributed by atoms with Crippen molar-refractivity contribution in [3.05, 3.63) is 30.6 Å². The number of carbonyl (C=O) groups excluding carboxylic acids is 1. The molecule has 4 nitrogen and oxygen atoms in total. The topological polar surface area (TPSA) is 60.9 Å². The number of hydrogen-bond donors (Lipinski definition) is 1. The third kappa shape index (κ3) is 3.07. The van der Waals surface area contributed by atoms with Crippen LogP contribution < -0.4 is 5.73 Å². The second kappa shape index (κ2) is 5.96. The summed E-state index contributed by atoms with van der Waals surface area (Å²) in [6.45, 7) is 3.59. The molecule has 0 radical (unpaired) electrons. The van der Waals surface area contributed by atoms with Gasteiger partial charge < -0.3 is 5.73 Å². The van der Waals surface area contributed by atoms with Gasteiger partial charge in [-0.05, 0) is 25.3 Å². The third-order valence-corrected chi connectivity index (χ3v) is 3.55. The van der Waals surface area contributed by atoms with Crippen LogP contribution in [-0.2, 0) is 11.2 Å². The number of carbonyl (C=O) groups is 1. The van der Waals surface area contributed by atoms with Crippen molar-refractivity contribution in [3.63, 3.8) is 0 Å². The molecule has 2 N–H and O–H groups in total. The lowest BCUT2D eigenvalue weighted by atomic mass is 10.1. The second-order valence-corrected chi connectivity index (χ2v) is 5.00. The fourth-order valence-corrected chi connectivity index (χ4v) is 2.46. The first-order valence-corrected chi connectivity index (χ1v) is 6.64. The van der Waals surface area contributed by atoms with Crippen LogP contribution in [0.15, 0.2) is 24.9 Å². The summed E-state index contributed by atoms with van der Waals surface area (Å²) < 4.78 is 2.01. The molecule has 1 unspecified atom stereocenters. The molecule has 98 valence electrons. The Morgan fingerprint density at radius 1 is 1.61 bits per heavy atom. The SMILES string of the molecule is C=CCC(N)C(=O)Cc1ccn(C2CCCC2)n1. The summed E-state index contributed by atoms with van der Waals surface area (Å²) in [5.41, 5.74) is 6.57. The monoisotopic (exact) mass is 247 g/mol. The van der Waals surface area contributed by atoms with Gasteiger partial charge in [0.05, 0.1) is 24.2 Å². The number of nitrogens with two attached hydrogens (primary N) is 1. The normalized spacial score (nSPS) is 17.8. The first-order chi connectivity index (χ1) is 8.70. The molecule has 4 heteroatoms. The van der Waals surface area contributed by atoms with Crippen LogP contribution in [0.25, 0.3) is 0 Å². The predicted molar refractivity (Wildman–Crippen MR) is 71.2 cm³/mol. The van der Waals surface area contributed by atoms with Gasteiger partial charge in [-0.2, -0.15) is 5.10 Å². The lowest BCUT2D eigenvalue weighted by molar-refractivity contribution is -0.119. The maximum Gasteiger partial charge on any atom is 0.155 e. The van der Waals surface area contributed by atoms with Crippen molar-refractivity contribution in [1.29, 1.82) is 0 Å². The van der Waals surface area contributed by atoms with Gasteiger partial charge in [0, 0.05) is 6.20 Å². The molecule has 0 bridgehead atoms. The van der Waals surface area contributed by atoms with E-state index in [0.29, 0.717) is 18.9 Å². The summed E-state index contributed by atoms with van der Waals surface area (Å²) in [6, 6.07) is 2.01. The van der Waals surface area contributed by atoms with Crippen LogP contribution in [0.4, 0.5) is 0 Å². The van der Waals surface area contributed by atoms with Gasteiger partial charge in [0.1, 0.15) is 0 Å². The third-order valence-electron chi connectivity index (χ3n) is 3.55. The first-order valence-electron chi connectivity index (χ1n) is 6.64. The van der Waals surface area contributed by atoms with Crippen molar-refractivity contribution in [2.24, 2.45) is 5.73 Å². The Hall–Kier alpha value is -1.42. The predicted octanol–water partition coefficient (Wildman–Crippen LogP) is 2.01. The zero-order valence-electron chi connectivity index (χ0n) is 10.7. The summed E-state index contributed by atoms with van der Waals surface area (Å²) in [5, 5.41) is 4.49. The molecule has 0 saturated heterocycles. The average molecular weight is 247 g/mol. The average Bonchev–Trinajstić information content (AvgIpc) is 2.98. The summed E-state index contributed by atoms with van der Waals surface area (Å²) >= 11 is 0.